The fraction of sp³-hybridized carbons (Fsp3) is 0.455. The maximum Gasteiger partial charge on any atom is -0.00428 e. The molecule has 2 N–H and O–H groups in total. The first kappa shape index (κ1) is 7.81. The zero-order valence-electron chi connectivity index (χ0n) is 7.46. The van der Waals surface area contributed by atoms with Crippen LogP contribution in [0.1, 0.15) is 23.5 Å². The molecule has 1 aliphatic carbocycles. The number of aryl methyl sites for hydroxylation is 1. The molecule has 0 saturated heterocycles. The molecule has 0 unspecified atom stereocenters. The first-order valence-corrected chi connectivity index (χ1v) is 4.58. The van der Waals surface area contributed by atoms with E-state index in [1.54, 1.807) is 0 Å². The second kappa shape index (κ2) is 2.91. The minimum atomic E-state index is 0.756. The van der Waals surface area contributed by atoms with E-state index >= 15 is 0 Å². The molecular weight excluding hydrogens is 146 g/mol. The zero-order chi connectivity index (χ0) is 8.55. The summed E-state index contributed by atoms with van der Waals surface area (Å²) >= 11 is 0. The van der Waals surface area contributed by atoms with Crippen molar-refractivity contribution >= 4 is 0 Å². The van der Waals surface area contributed by atoms with Crippen molar-refractivity contribution in [1.29, 1.82) is 0 Å². The van der Waals surface area contributed by atoms with Gasteiger partial charge in [0.2, 0.25) is 0 Å². The highest BCUT2D eigenvalue weighted by molar-refractivity contribution is 5.29. The average Bonchev–Trinajstić information content (AvgIpc) is 2.83. The molecule has 0 aromatic heterocycles. The molecule has 0 bridgehead atoms. The highest BCUT2D eigenvalue weighted by Gasteiger charge is 2.36. The van der Waals surface area contributed by atoms with Gasteiger partial charge in [-0.3, -0.25) is 0 Å². The molecule has 0 heterocycles. The molecule has 1 aliphatic rings. The highest BCUT2D eigenvalue weighted by Crippen LogP contribution is 2.46. The summed E-state index contributed by atoms with van der Waals surface area (Å²) in [4.78, 5) is 0. The van der Waals surface area contributed by atoms with Gasteiger partial charge in [-0.25, -0.2) is 0 Å². The number of hydrogen-bond donors (Lipinski definition) is 1. The fourth-order valence-electron chi connectivity index (χ4n) is 1.82. The third-order valence-corrected chi connectivity index (χ3v) is 2.70. The summed E-state index contributed by atoms with van der Waals surface area (Å²) < 4.78 is 0. The Morgan fingerprint density at radius 2 is 2.33 bits per heavy atom. The van der Waals surface area contributed by atoms with E-state index in [0.29, 0.717) is 0 Å². The molecule has 12 heavy (non-hydrogen) atoms. The Labute approximate surface area is 73.6 Å². The third-order valence-electron chi connectivity index (χ3n) is 2.70. The van der Waals surface area contributed by atoms with Gasteiger partial charge in [-0.1, -0.05) is 29.8 Å². The lowest BCUT2D eigenvalue weighted by atomic mass is 10.1. The van der Waals surface area contributed by atoms with Crippen LogP contribution in [0.4, 0.5) is 0 Å². The van der Waals surface area contributed by atoms with Gasteiger partial charge < -0.3 is 5.73 Å². The Kier molecular flexibility index (Phi) is 1.89. The molecule has 2 atom stereocenters. The standard InChI is InChI=1S/C11H15N/c1-8-3-2-4-9(5-8)11-6-10(11)7-12/h2-5,10-11H,6-7,12H2,1H3/t10-,11-/m0/s1. The Morgan fingerprint density at radius 3 is 2.92 bits per heavy atom. The Bertz CT molecular complexity index is 280. The Balaban J connectivity index is 2.14. The molecule has 0 spiro atoms. The largest absolute Gasteiger partial charge is 0.330 e. The van der Waals surface area contributed by atoms with Crippen LogP contribution in [0, 0.1) is 12.8 Å². The lowest BCUT2D eigenvalue weighted by Crippen LogP contribution is -2.01. The molecule has 2 rings (SSSR count). The lowest BCUT2D eigenvalue weighted by Gasteiger charge is -1.99. The number of rotatable bonds is 2. The minimum absolute atomic E-state index is 0.756. The maximum atomic E-state index is 5.60. The second-order valence-corrected chi connectivity index (χ2v) is 3.75. The molecular formula is C11H15N. The molecule has 0 radical (unpaired) electrons. The SMILES string of the molecule is Cc1cccc([C@@H]2C[C@H]2CN)c1. The van der Waals surface area contributed by atoms with Crippen LogP contribution in [0.5, 0.6) is 0 Å². The van der Waals surface area contributed by atoms with Crippen molar-refractivity contribution in [2.24, 2.45) is 11.7 Å². The third kappa shape index (κ3) is 1.37. The number of benzene rings is 1. The van der Waals surface area contributed by atoms with Crippen molar-refractivity contribution in [3.8, 4) is 0 Å². The fourth-order valence-corrected chi connectivity index (χ4v) is 1.82. The predicted molar refractivity (Wildman–Crippen MR) is 51.1 cm³/mol. The van der Waals surface area contributed by atoms with Crippen molar-refractivity contribution in [2.45, 2.75) is 19.3 Å². The molecule has 1 aromatic rings. The van der Waals surface area contributed by atoms with Crippen LogP contribution in [0.2, 0.25) is 0 Å². The van der Waals surface area contributed by atoms with Gasteiger partial charge in [0, 0.05) is 0 Å². The average molecular weight is 161 g/mol. The van der Waals surface area contributed by atoms with Gasteiger partial charge in [-0.2, -0.15) is 0 Å². The van der Waals surface area contributed by atoms with E-state index in [4.69, 9.17) is 5.73 Å². The van der Waals surface area contributed by atoms with E-state index in [1.807, 2.05) is 0 Å². The molecule has 64 valence electrons. The summed E-state index contributed by atoms with van der Waals surface area (Å²) in [6.07, 6.45) is 1.29. The molecule has 1 aromatic carbocycles. The normalized spacial score (nSPS) is 27.2. The van der Waals surface area contributed by atoms with Crippen LogP contribution in [0.25, 0.3) is 0 Å². The van der Waals surface area contributed by atoms with Crippen LogP contribution in [-0.2, 0) is 0 Å². The summed E-state index contributed by atoms with van der Waals surface area (Å²) in [7, 11) is 0. The van der Waals surface area contributed by atoms with Gasteiger partial charge >= 0.3 is 0 Å². The van der Waals surface area contributed by atoms with Gasteiger partial charge in [-0.15, -0.1) is 0 Å². The molecule has 1 nitrogen and oxygen atoms in total. The number of hydrogen-bond acceptors (Lipinski definition) is 1. The van der Waals surface area contributed by atoms with Crippen LogP contribution in [0.15, 0.2) is 24.3 Å². The summed E-state index contributed by atoms with van der Waals surface area (Å²) in [5.74, 6) is 1.52. The van der Waals surface area contributed by atoms with Crippen LogP contribution < -0.4 is 5.73 Å². The van der Waals surface area contributed by atoms with Crippen LogP contribution in [0.3, 0.4) is 0 Å². The van der Waals surface area contributed by atoms with E-state index in [2.05, 4.69) is 31.2 Å². The van der Waals surface area contributed by atoms with Gasteiger partial charge in [0.05, 0.1) is 0 Å². The Morgan fingerprint density at radius 1 is 1.50 bits per heavy atom. The van der Waals surface area contributed by atoms with Crippen LogP contribution >= 0.6 is 0 Å². The summed E-state index contributed by atoms with van der Waals surface area (Å²) in [6, 6.07) is 8.77. The van der Waals surface area contributed by atoms with Crippen molar-refractivity contribution in [2.75, 3.05) is 6.54 Å². The number of nitrogens with two attached hydrogens (primary N) is 1. The minimum Gasteiger partial charge on any atom is -0.330 e. The maximum absolute atomic E-state index is 5.60. The van der Waals surface area contributed by atoms with Gasteiger partial charge in [-0.05, 0) is 37.3 Å². The predicted octanol–water partition coefficient (Wildman–Crippen LogP) is 2.06. The first-order chi connectivity index (χ1) is 5.81. The second-order valence-electron chi connectivity index (χ2n) is 3.75. The van der Waals surface area contributed by atoms with Crippen molar-refractivity contribution < 1.29 is 0 Å². The molecule has 1 fully saturated rings. The van der Waals surface area contributed by atoms with E-state index in [9.17, 15) is 0 Å². The van der Waals surface area contributed by atoms with E-state index in [1.165, 1.54) is 17.5 Å². The van der Waals surface area contributed by atoms with E-state index in [-0.39, 0.29) is 0 Å². The smallest absolute Gasteiger partial charge is 0.00428 e. The molecule has 0 aliphatic heterocycles. The monoisotopic (exact) mass is 161 g/mol. The van der Waals surface area contributed by atoms with Crippen molar-refractivity contribution in [3.63, 3.8) is 0 Å². The summed E-state index contributed by atoms with van der Waals surface area (Å²) in [6.45, 7) is 2.99. The van der Waals surface area contributed by atoms with Crippen LogP contribution in [-0.4, -0.2) is 6.54 Å². The molecule has 1 saturated carbocycles. The topological polar surface area (TPSA) is 26.0 Å². The lowest BCUT2D eigenvalue weighted by molar-refractivity contribution is 0.809. The van der Waals surface area contributed by atoms with Gasteiger partial charge in [0.25, 0.3) is 0 Å². The van der Waals surface area contributed by atoms with Crippen molar-refractivity contribution in [1.82, 2.24) is 0 Å². The summed E-state index contributed by atoms with van der Waals surface area (Å²) in [5.41, 5.74) is 8.43. The Hall–Kier alpha value is -0.820. The van der Waals surface area contributed by atoms with Gasteiger partial charge in [0.1, 0.15) is 0 Å². The van der Waals surface area contributed by atoms with Gasteiger partial charge in [0.15, 0.2) is 0 Å². The molecule has 0 amide bonds. The zero-order valence-corrected chi connectivity index (χ0v) is 7.46. The first-order valence-electron chi connectivity index (χ1n) is 4.58. The highest BCUT2D eigenvalue weighted by atomic mass is 14.6. The van der Waals surface area contributed by atoms with E-state index in [0.717, 1.165) is 18.4 Å². The van der Waals surface area contributed by atoms with E-state index < -0.39 is 0 Å². The summed E-state index contributed by atoms with van der Waals surface area (Å²) in [5, 5.41) is 0. The quantitative estimate of drug-likeness (QED) is 0.706. The molecule has 1 heteroatoms. The van der Waals surface area contributed by atoms with Crippen molar-refractivity contribution in [3.05, 3.63) is 35.4 Å².